The lowest BCUT2D eigenvalue weighted by Gasteiger charge is -2.06. The van der Waals surface area contributed by atoms with Crippen LogP contribution in [0.25, 0.3) is 0 Å². The van der Waals surface area contributed by atoms with Crippen LogP contribution in [0.3, 0.4) is 0 Å². The largest absolute Gasteiger partial charge is 0.352 e. The Morgan fingerprint density at radius 1 is 1.27 bits per heavy atom. The summed E-state index contributed by atoms with van der Waals surface area (Å²) >= 11 is 9.13. The number of benzene rings is 2. The SMILES string of the molecule is O=C(Cc1ccc(F)c(Cl)c1)N[C@@H]1C[C@H]1c1ccc(Br)cc1. The molecule has 2 atom stereocenters. The summed E-state index contributed by atoms with van der Waals surface area (Å²) in [5.41, 5.74) is 1.95. The zero-order valence-electron chi connectivity index (χ0n) is 11.7. The van der Waals surface area contributed by atoms with Gasteiger partial charge in [-0.25, -0.2) is 4.39 Å². The molecule has 1 saturated carbocycles. The number of hydrogen-bond acceptors (Lipinski definition) is 1. The predicted octanol–water partition coefficient (Wildman–Crippen LogP) is 4.46. The normalized spacial score (nSPS) is 19.8. The maximum absolute atomic E-state index is 13.1. The summed E-state index contributed by atoms with van der Waals surface area (Å²) in [7, 11) is 0. The van der Waals surface area contributed by atoms with Gasteiger partial charge in [0.25, 0.3) is 0 Å². The van der Waals surface area contributed by atoms with E-state index in [1.165, 1.54) is 17.7 Å². The molecule has 0 spiro atoms. The van der Waals surface area contributed by atoms with Crippen molar-refractivity contribution in [1.82, 2.24) is 5.32 Å². The van der Waals surface area contributed by atoms with Gasteiger partial charge in [-0.1, -0.05) is 45.7 Å². The molecule has 2 aromatic rings. The zero-order valence-corrected chi connectivity index (χ0v) is 14.0. The molecule has 5 heteroatoms. The van der Waals surface area contributed by atoms with Crippen LogP contribution in [-0.4, -0.2) is 11.9 Å². The molecular weight excluding hydrogens is 369 g/mol. The fourth-order valence-electron chi connectivity index (χ4n) is 2.53. The van der Waals surface area contributed by atoms with E-state index in [-0.39, 0.29) is 23.4 Å². The Hall–Kier alpha value is -1.39. The Morgan fingerprint density at radius 3 is 2.68 bits per heavy atom. The van der Waals surface area contributed by atoms with Crippen LogP contribution in [-0.2, 0) is 11.2 Å². The van der Waals surface area contributed by atoms with E-state index in [9.17, 15) is 9.18 Å². The summed E-state index contributed by atoms with van der Waals surface area (Å²) in [5.74, 6) is -0.149. The molecule has 0 aliphatic heterocycles. The van der Waals surface area contributed by atoms with Crippen molar-refractivity contribution in [2.24, 2.45) is 0 Å². The van der Waals surface area contributed by atoms with Gasteiger partial charge in [0.2, 0.25) is 5.91 Å². The van der Waals surface area contributed by atoms with Crippen LogP contribution in [0.5, 0.6) is 0 Å². The second-order valence-corrected chi connectivity index (χ2v) is 6.82. The molecule has 3 rings (SSSR count). The van der Waals surface area contributed by atoms with Crippen LogP contribution < -0.4 is 5.32 Å². The molecule has 1 fully saturated rings. The van der Waals surface area contributed by atoms with E-state index in [4.69, 9.17) is 11.6 Å². The molecule has 1 N–H and O–H groups in total. The summed E-state index contributed by atoms with van der Waals surface area (Å²) < 4.78 is 14.1. The van der Waals surface area contributed by atoms with E-state index in [1.807, 2.05) is 12.1 Å². The molecule has 114 valence electrons. The average Bonchev–Trinajstić information content (AvgIpc) is 3.22. The maximum Gasteiger partial charge on any atom is 0.224 e. The highest BCUT2D eigenvalue weighted by Crippen LogP contribution is 2.41. The zero-order chi connectivity index (χ0) is 15.7. The van der Waals surface area contributed by atoms with Gasteiger partial charge in [-0.2, -0.15) is 0 Å². The van der Waals surface area contributed by atoms with Crippen LogP contribution in [0.15, 0.2) is 46.9 Å². The Balaban J connectivity index is 1.55. The van der Waals surface area contributed by atoms with Gasteiger partial charge >= 0.3 is 0 Å². The highest BCUT2D eigenvalue weighted by molar-refractivity contribution is 9.10. The van der Waals surface area contributed by atoms with Gasteiger partial charge in [-0.15, -0.1) is 0 Å². The molecule has 2 nitrogen and oxygen atoms in total. The third-order valence-electron chi connectivity index (χ3n) is 3.78. The molecule has 0 saturated heterocycles. The van der Waals surface area contributed by atoms with Gasteiger partial charge in [0.1, 0.15) is 5.82 Å². The number of carbonyl (C=O) groups excluding carboxylic acids is 1. The fraction of sp³-hybridized carbons (Fsp3) is 0.235. The maximum atomic E-state index is 13.1. The van der Waals surface area contributed by atoms with Crippen LogP contribution in [0.2, 0.25) is 5.02 Å². The average molecular weight is 383 g/mol. The van der Waals surface area contributed by atoms with Crippen molar-refractivity contribution in [3.8, 4) is 0 Å². The van der Waals surface area contributed by atoms with E-state index in [0.29, 0.717) is 11.5 Å². The smallest absolute Gasteiger partial charge is 0.224 e. The Bertz CT molecular complexity index is 704. The summed E-state index contributed by atoms with van der Waals surface area (Å²) in [6, 6.07) is 12.7. The number of rotatable bonds is 4. The summed E-state index contributed by atoms with van der Waals surface area (Å²) in [5, 5.41) is 3.06. The predicted molar refractivity (Wildman–Crippen MR) is 88.5 cm³/mol. The van der Waals surface area contributed by atoms with E-state index in [1.54, 1.807) is 6.07 Å². The molecule has 1 amide bonds. The minimum atomic E-state index is -0.469. The first-order valence-corrected chi connectivity index (χ1v) is 8.19. The van der Waals surface area contributed by atoms with Crippen LogP contribution in [0.1, 0.15) is 23.5 Å². The molecular formula is C17H14BrClFNO. The molecule has 1 aliphatic carbocycles. The summed E-state index contributed by atoms with van der Waals surface area (Å²) in [4.78, 5) is 12.0. The number of nitrogens with one attached hydrogen (secondary N) is 1. The standard InChI is InChI=1S/C17H14BrClFNO/c18-12-4-2-11(3-5-12)13-9-16(13)21-17(22)8-10-1-6-15(20)14(19)7-10/h1-7,13,16H,8-9H2,(H,21,22)/t13-,16+/m0/s1. The van der Waals surface area contributed by atoms with Crippen LogP contribution in [0, 0.1) is 5.82 Å². The minimum Gasteiger partial charge on any atom is -0.352 e. The minimum absolute atomic E-state index is 0.0458. The topological polar surface area (TPSA) is 29.1 Å². The lowest BCUT2D eigenvalue weighted by molar-refractivity contribution is -0.120. The molecule has 0 aromatic heterocycles. The first kappa shape index (κ1) is 15.5. The van der Waals surface area contributed by atoms with E-state index >= 15 is 0 Å². The first-order chi connectivity index (χ1) is 10.5. The Morgan fingerprint density at radius 2 is 2.00 bits per heavy atom. The molecule has 22 heavy (non-hydrogen) atoms. The molecule has 2 aromatic carbocycles. The molecule has 1 aliphatic rings. The second-order valence-electron chi connectivity index (χ2n) is 5.49. The van der Waals surface area contributed by atoms with Gasteiger partial charge in [-0.05, 0) is 41.8 Å². The number of carbonyl (C=O) groups is 1. The second kappa shape index (κ2) is 6.39. The molecule has 0 heterocycles. The van der Waals surface area contributed by atoms with Crippen LogP contribution >= 0.6 is 27.5 Å². The highest BCUT2D eigenvalue weighted by Gasteiger charge is 2.39. The number of amides is 1. The molecule has 0 unspecified atom stereocenters. The Kier molecular flexibility index (Phi) is 4.50. The van der Waals surface area contributed by atoms with Crippen molar-refractivity contribution in [3.05, 3.63) is 68.9 Å². The fourth-order valence-corrected chi connectivity index (χ4v) is 2.99. The first-order valence-electron chi connectivity index (χ1n) is 7.01. The third kappa shape index (κ3) is 3.68. The van der Waals surface area contributed by atoms with Gasteiger partial charge < -0.3 is 5.32 Å². The van der Waals surface area contributed by atoms with Crippen molar-refractivity contribution in [1.29, 1.82) is 0 Å². The highest BCUT2D eigenvalue weighted by atomic mass is 79.9. The van der Waals surface area contributed by atoms with Gasteiger partial charge in [-0.3, -0.25) is 4.79 Å². The number of halogens is 3. The van der Waals surface area contributed by atoms with E-state index in [2.05, 4.69) is 33.4 Å². The van der Waals surface area contributed by atoms with E-state index < -0.39 is 5.82 Å². The van der Waals surface area contributed by atoms with Crippen molar-refractivity contribution in [2.75, 3.05) is 0 Å². The lowest BCUT2D eigenvalue weighted by atomic mass is 10.1. The van der Waals surface area contributed by atoms with Crippen molar-refractivity contribution < 1.29 is 9.18 Å². The number of hydrogen-bond donors (Lipinski definition) is 1. The lowest BCUT2D eigenvalue weighted by Crippen LogP contribution is -2.28. The molecule has 0 bridgehead atoms. The van der Waals surface area contributed by atoms with Gasteiger partial charge in [0, 0.05) is 16.4 Å². The van der Waals surface area contributed by atoms with Crippen LogP contribution in [0.4, 0.5) is 4.39 Å². The third-order valence-corrected chi connectivity index (χ3v) is 4.60. The van der Waals surface area contributed by atoms with Gasteiger partial charge in [0.15, 0.2) is 0 Å². The summed E-state index contributed by atoms with van der Waals surface area (Å²) in [6.45, 7) is 0. The monoisotopic (exact) mass is 381 g/mol. The van der Waals surface area contributed by atoms with Crippen molar-refractivity contribution in [3.63, 3.8) is 0 Å². The Labute approximate surface area is 141 Å². The summed E-state index contributed by atoms with van der Waals surface area (Å²) in [6.07, 6.45) is 1.17. The van der Waals surface area contributed by atoms with Gasteiger partial charge in [0.05, 0.1) is 11.4 Å². The van der Waals surface area contributed by atoms with Crippen molar-refractivity contribution in [2.45, 2.75) is 24.8 Å². The van der Waals surface area contributed by atoms with E-state index in [0.717, 1.165) is 10.9 Å². The quantitative estimate of drug-likeness (QED) is 0.831. The van der Waals surface area contributed by atoms with Crippen molar-refractivity contribution >= 4 is 33.4 Å². The molecule has 0 radical (unpaired) electrons.